The first-order valence-electron chi connectivity index (χ1n) is 5.82. The van der Waals surface area contributed by atoms with Crippen LogP contribution < -0.4 is 5.73 Å². The van der Waals surface area contributed by atoms with Crippen LogP contribution in [0.5, 0.6) is 0 Å². The summed E-state index contributed by atoms with van der Waals surface area (Å²) < 4.78 is 14.8. The van der Waals surface area contributed by atoms with E-state index in [9.17, 15) is 4.39 Å². The van der Waals surface area contributed by atoms with Gasteiger partial charge in [0.25, 0.3) is 0 Å². The van der Waals surface area contributed by atoms with E-state index in [2.05, 4.69) is 5.10 Å². The van der Waals surface area contributed by atoms with Crippen LogP contribution in [0.2, 0.25) is 0 Å². The molecule has 0 spiro atoms. The monoisotopic (exact) mass is 303 g/mol. The van der Waals surface area contributed by atoms with Crippen molar-refractivity contribution in [2.45, 2.75) is 25.3 Å². The summed E-state index contributed by atoms with van der Waals surface area (Å²) in [5.41, 5.74) is 8.90. The molecule has 3 rings (SSSR count). The van der Waals surface area contributed by atoms with Crippen molar-refractivity contribution in [3.63, 3.8) is 0 Å². The van der Waals surface area contributed by atoms with Gasteiger partial charge in [0, 0.05) is 18.0 Å². The zero-order valence-electron chi connectivity index (χ0n) is 10.3. The van der Waals surface area contributed by atoms with Crippen molar-refractivity contribution >= 4 is 24.8 Å². The second-order valence-corrected chi connectivity index (χ2v) is 4.42. The molecule has 19 heavy (non-hydrogen) atoms. The molecule has 1 aliphatic carbocycles. The molecular weight excluding hydrogens is 288 g/mol. The van der Waals surface area contributed by atoms with Crippen LogP contribution in [0.4, 0.5) is 4.39 Å². The largest absolute Gasteiger partial charge is 0.326 e. The topological polar surface area (TPSA) is 43.8 Å². The molecule has 0 unspecified atom stereocenters. The molecule has 6 heteroatoms. The molecule has 2 N–H and O–H groups in total. The molecule has 0 bridgehead atoms. The standard InChI is InChI=1S/C13H14FN3.2ClH/c14-11-3-5-12(6-4-11)17-13(9-1-2-9)10(7-15)8-16-17;;/h3-6,8-9H,1-2,7,15H2;2*1H. The van der Waals surface area contributed by atoms with E-state index in [0.29, 0.717) is 12.5 Å². The van der Waals surface area contributed by atoms with Gasteiger partial charge in [-0.3, -0.25) is 0 Å². The summed E-state index contributed by atoms with van der Waals surface area (Å²) in [6.45, 7) is 0.507. The fourth-order valence-corrected chi connectivity index (χ4v) is 2.13. The molecule has 1 saturated carbocycles. The van der Waals surface area contributed by atoms with E-state index in [1.54, 1.807) is 12.1 Å². The molecule has 0 aliphatic heterocycles. The summed E-state index contributed by atoms with van der Waals surface area (Å²) in [6.07, 6.45) is 4.21. The summed E-state index contributed by atoms with van der Waals surface area (Å²) in [7, 11) is 0. The van der Waals surface area contributed by atoms with E-state index in [1.807, 2.05) is 10.9 Å². The lowest BCUT2D eigenvalue weighted by Gasteiger charge is -2.08. The van der Waals surface area contributed by atoms with Crippen LogP contribution in [0.25, 0.3) is 5.69 Å². The van der Waals surface area contributed by atoms with Gasteiger partial charge in [0.1, 0.15) is 5.82 Å². The Hall–Kier alpha value is -1.10. The van der Waals surface area contributed by atoms with Crippen molar-refractivity contribution in [2.24, 2.45) is 5.73 Å². The lowest BCUT2D eigenvalue weighted by molar-refractivity contribution is 0.626. The summed E-state index contributed by atoms with van der Waals surface area (Å²) in [4.78, 5) is 0. The first-order valence-corrected chi connectivity index (χ1v) is 5.82. The van der Waals surface area contributed by atoms with Gasteiger partial charge in [-0.25, -0.2) is 9.07 Å². The fourth-order valence-electron chi connectivity index (χ4n) is 2.13. The molecule has 0 saturated heterocycles. The van der Waals surface area contributed by atoms with Crippen molar-refractivity contribution in [1.82, 2.24) is 9.78 Å². The number of hydrogen-bond donors (Lipinski definition) is 1. The average Bonchev–Trinajstić information content (AvgIpc) is 3.10. The maximum atomic E-state index is 12.9. The molecule has 0 radical (unpaired) electrons. The van der Waals surface area contributed by atoms with Crippen LogP contribution in [0.3, 0.4) is 0 Å². The van der Waals surface area contributed by atoms with Crippen LogP contribution in [0.1, 0.15) is 30.0 Å². The lowest BCUT2D eigenvalue weighted by atomic mass is 10.1. The summed E-state index contributed by atoms with van der Waals surface area (Å²) in [5, 5.41) is 4.36. The smallest absolute Gasteiger partial charge is 0.123 e. The quantitative estimate of drug-likeness (QED) is 0.946. The highest BCUT2D eigenvalue weighted by Gasteiger charge is 2.30. The van der Waals surface area contributed by atoms with Crippen molar-refractivity contribution in [2.75, 3.05) is 0 Å². The van der Waals surface area contributed by atoms with E-state index in [4.69, 9.17) is 5.73 Å². The Morgan fingerprint density at radius 2 is 1.84 bits per heavy atom. The predicted molar refractivity (Wildman–Crippen MR) is 77.9 cm³/mol. The zero-order valence-corrected chi connectivity index (χ0v) is 11.9. The first-order chi connectivity index (χ1) is 8.29. The van der Waals surface area contributed by atoms with E-state index in [1.165, 1.54) is 30.7 Å². The van der Waals surface area contributed by atoms with E-state index < -0.39 is 0 Å². The minimum absolute atomic E-state index is 0. The van der Waals surface area contributed by atoms with Gasteiger partial charge in [-0.2, -0.15) is 5.10 Å². The third-order valence-electron chi connectivity index (χ3n) is 3.14. The maximum absolute atomic E-state index is 12.9. The normalized spacial score (nSPS) is 13.6. The molecule has 1 aliphatic rings. The number of hydrogen-bond acceptors (Lipinski definition) is 2. The molecule has 0 atom stereocenters. The second kappa shape index (κ2) is 6.37. The van der Waals surface area contributed by atoms with Gasteiger partial charge >= 0.3 is 0 Å². The Kier molecular flexibility index (Phi) is 5.35. The van der Waals surface area contributed by atoms with Gasteiger partial charge in [0.2, 0.25) is 0 Å². The molecule has 1 aromatic carbocycles. The molecule has 3 nitrogen and oxygen atoms in total. The minimum Gasteiger partial charge on any atom is -0.326 e. The maximum Gasteiger partial charge on any atom is 0.123 e. The van der Waals surface area contributed by atoms with Crippen LogP contribution in [-0.4, -0.2) is 9.78 Å². The number of aromatic nitrogens is 2. The highest BCUT2D eigenvalue weighted by atomic mass is 35.5. The highest BCUT2D eigenvalue weighted by Crippen LogP contribution is 2.42. The van der Waals surface area contributed by atoms with Gasteiger partial charge in [-0.1, -0.05) is 0 Å². The van der Waals surface area contributed by atoms with Crippen LogP contribution in [-0.2, 0) is 6.54 Å². The van der Waals surface area contributed by atoms with E-state index >= 15 is 0 Å². The number of nitrogens with two attached hydrogens (primary N) is 1. The Morgan fingerprint density at radius 1 is 1.21 bits per heavy atom. The highest BCUT2D eigenvalue weighted by molar-refractivity contribution is 5.85. The Balaban J connectivity index is 0.000000902. The predicted octanol–water partition coefficient (Wildman–Crippen LogP) is 3.19. The molecule has 2 aromatic rings. The number of rotatable bonds is 3. The van der Waals surface area contributed by atoms with Gasteiger partial charge < -0.3 is 5.73 Å². The van der Waals surface area contributed by atoms with Crippen molar-refractivity contribution < 1.29 is 4.39 Å². The Labute approximate surface area is 123 Å². The van der Waals surface area contributed by atoms with Crippen molar-refractivity contribution in [1.29, 1.82) is 0 Å². The second-order valence-electron chi connectivity index (χ2n) is 4.42. The number of halogens is 3. The van der Waals surface area contributed by atoms with Gasteiger partial charge in [0.05, 0.1) is 17.6 Å². The van der Waals surface area contributed by atoms with Gasteiger partial charge in [-0.15, -0.1) is 24.8 Å². The summed E-state index contributed by atoms with van der Waals surface area (Å²) >= 11 is 0. The third kappa shape index (κ3) is 3.08. The summed E-state index contributed by atoms with van der Waals surface area (Å²) in [6, 6.07) is 6.40. The van der Waals surface area contributed by atoms with Gasteiger partial charge in [0.15, 0.2) is 0 Å². The molecular formula is C13H16Cl2FN3. The van der Waals surface area contributed by atoms with Crippen LogP contribution >= 0.6 is 24.8 Å². The molecule has 1 fully saturated rings. The summed E-state index contributed by atoms with van der Waals surface area (Å²) in [5.74, 6) is 0.342. The van der Waals surface area contributed by atoms with Gasteiger partial charge in [-0.05, 0) is 37.1 Å². The Bertz CT molecular complexity index is 535. The van der Waals surface area contributed by atoms with Crippen LogP contribution in [0.15, 0.2) is 30.5 Å². The lowest BCUT2D eigenvalue weighted by Crippen LogP contribution is -2.05. The SMILES string of the molecule is Cl.Cl.NCc1cnn(-c2ccc(F)cc2)c1C1CC1. The van der Waals surface area contributed by atoms with E-state index in [-0.39, 0.29) is 30.6 Å². The average molecular weight is 304 g/mol. The Morgan fingerprint density at radius 3 is 2.37 bits per heavy atom. The zero-order chi connectivity index (χ0) is 11.8. The van der Waals surface area contributed by atoms with Crippen molar-refractivity contribution in [3.8, 4) is 5.69 Å². The van der Waals surface area contributed by atoms with Crippen molar-refractivity contribution in [3.05, 3.63) is 47.5 Å². The number of benzene rings is 1. The van der Waals surface area contributed by atoms with Crippen LogP contribution in [0, 0.1) is 5.82 Å². The molecule has 1 heterocycles. The molecule has 1 aromatic heterocycles. The first kappa shape index (κ1) is 16.0. The third-order valence-corrected chi connectivity index (χ3v) is 3.14. The number of nitrogens with zero attached hydrogens (tertiary/aromatic N) is 2. The fraction of sp³-hybridized carbons (Fsp3) is 0.308. The molecule has 0 amide bonds. The minimum atomic E-state index is -0.229. The molecule has 104 valence electrons. The van der Waals surface area contributed by atoms with E-state index in [0.717, 1.165) is 11.3 Å².